The molecular formula is C17H17N5O3. The number of nitrogens with zero attached hydrogens (tertiary/aromatic N) is 4. The van der Waals surface area contributed by atoms with Crippen LogP contribution in [0.25, 0.3) is 5.69 Å². The van der Waals surface area contributed by atoms with Crippen LogP contribution in [0, 0.1) is 0 Å². The smallest absolute Gasteiger partial charge is 0.320 e. The standard InChI is InChI=1S/C17H17N5O3/c1-20-11-14(16(24)21(2)17(20)25)19-15(23)10-12-4-6-13(7-5-12)22-9-3-8-18-22/h3-9,11H,10H2,1-2H3,(H,19,23). The van der Waals surface area contributed by atoms with Crippen LogP contribution in [0.4, 0.5) is 5.69 Å². The number of amides is 1. The number of aromatic nitrogens is 4. The van der Waals surface area contributed by atoms with Crippen molar-refractivity contribution in [1.82, 2.24) is 18.9 Å². The Morgan fingerprint density at radius 1 is 1.16 bits per heavy atom. The summed E-state index contributed by atoms with van der Waals surface area (Å²) in [6, 6.07) is 9.21. The van der Waals surface area contributed by atoms with E-state index in [0.29, 0.717) is 0 Å². The molecule has 0 aliphatic heterocycles. The third kappa shape index (κ3) is 3.42. The average molecular weight is 339 g/mol. The lowest BCUT2D eigenvalue weighted by Gasteiger charge is -2.09. The second-order valence-electron chi connectivity index (χ2n) is 5.64. The van der Waals surface area contributed by atoms with Crippen LogP contribution in [0.15, 0.2) is 58.5 Å². The topological polar surface area (TPSA) is 90.9 Å². The van der Waals surface area contributed by atoms with Gasteiger partial charge < -0.3 is 9.88 Å². The molecule has 3 aromatic rings. The van der Waals surface area contributed by atoms with Crippen molar-refractivity contribution >= 4 is 11.6 Å². The van der Waals surface area contributed by atoms with Crippen molar-refractivity contribution < 1.29 is 4.79 Å². The number of carbonyl (C=O) groups excluding carboxylic acids is 1. The van der Waals surface area contributed by atoms with Gasteiger partial charge in [-0.25, -0.2) is 9.48 Å². The van der Waals surface area contributed by atoms with Gasteiger partial charge in [-0.05, 0) is 23.8 Å². The van der Waals surface area contributed by atoms with Gasteiger partial charge in [0.2, 0.25) is 5.91 Å². The molecule has 25 heavy (non-hydrogen) atoms. The lowest BCUT2D eigenvalue weighted by molar-refractivity contribution is -0.115. The molecular weight excluding hydrogens is 322 g/mol. The first-order valence-electron chi connectivity index (χ1n) is 7.61. The minimum atomic E-state index is -0.537. The normalized spacial score (nSPS) is 10.6. The molecule has 1 N–H and O–H groups in total. The summed E-state index contributed by atoms with van der Waals surface area (Å²) in [4.78, 5) is 35.9. The van der Waals surface area contributed by atoms with Gasteiger partial charge in [-0.1, -0.05) is 12.1 Å². The quantitative estimate of drug-likeness (QED) is 0.747. The highest BCUT2D eigenvalue weighted by molar-refractivity contribution is 5.91. The van der Waals surface area contributed by atoms with E-state index in [0.717, 1.165) is 15.8 Å². The summed E-state index contributed by atoms with van der Waals surface area (Å²) < 4.78 is 3.92. The third-order valence-electron chi connectivity index (χ3n) is 3.79. The molecule has 0 fully saturated rings. The fraction of sp³-hybridized carbons (Fsp3) is 0.176. The molecule has 1 amide bonds. The summed E-state index contributed by atoms with van der Waals surface area (Å²) in [5.41, 5.74) is 0.779. The Hall–Kier alpha value is -3.42. The molecule has 128 valence electrons. The largest absolute Gasteiger partial charge is 0.330 e. The molecule has 0 aliphatic carbocycles. The third-order valence-corrected chi connectivity index (χ3v) is 3.79. The Kier molecular flexibility index (Phi) is 4.34. The van der Waals surface area contributed by atoms with Crippen LogP contribution in [0.5, 0.6) is 0 Å². The van der Waals surface area contributed by atoms with E-state index in [4.69, 9.17) is 0 Å². The minimum absolute atomic E-state index is 0.0720. The van der Waals surface area contributed by atoms with Crippen LogP contribution in [0.2, 0.25) is 0 Å². The van der Waals surface area contributed by atoms with Crippen LogP contribution < -0.4 is 16.6 Å². The zero-order valence-electron chi connectivity index (χ0n) is 13.8. The van der Waals surface area contributed by atoms with Gasteiger partial charge in [0.15, 0.2) is 0 Å². The SMILES string of the molecule is Cn1cc(NC(=O)Cc2ccc(-n3cccn3)cc2)c(=O)n(C)c1=O. The number of benzene rings is 1. The van der Waals surface area contributed by atoms with Crippen LogP contribution in [-0.4, -0.2) is 24.8 Å². The van der Waals surface area contributed by atoms with Gasteiger partial charge in [-0.3, -0.25) is 14.2 Å². The van der Waals surface area contributed by atoms with Crippen molar-refractivity contribution in [2.45, 2.75) is 6.42 Å². The first-order valence-corrected chi connectivity index (χ1v) is 7.61. The van der Waals surface area contributed by atoms with Crippen molar-refractivity contribution in [3.63, 3.8) is 0 Å². The Balaban J connectivity index is 1.73. The summed E-state index contributed by atoms with van der Waals surface area (Å²) >= 11 is 0. The maximum atomic E-state index is 12.2. The monoisotopic (exact) mass is 339 g/mol. The van der Waals surface area contributed by atoms with E-state index < -0.39 is 11.2 Å². The Labute approximate surface area is 143 Å². The van der Waals surface area contributed by atoms with Crippen molar-refractivity contribution in [2.75, 3.05) is 5.32 Å². The summed E-state index contributed by atoms with van der Waals surface area (Å²) in [6.07, 6.45) is 4.96. The lowest BCUT2D eigenvalue weighted by atomic mass is 10.1. The van der Waals surface area contributed by atoms with E-state index in [1.807, 2.05) is 36.5 Å². The number of anilines is 1. The number of nitrogens with one attached hydrogen (secondary N) is 1. The molecule has 0 spiro atoms. The minimum Gasteiger partial charge on any atom is -0.320 e. The van der Waals surface area contributed by atoms with E-state index in [9.17, 15) is 14.4 Å². The fourth-order valence-electron chi connectivity index (χ4n) is 2.46. The highest BCUT2D eigenvalue weighted by atomic mass is 16.2. The molecule has 1 aromatic carbocycles. The van der Waals surface area contributed by atoms with Gasteiger partial charge in [-0.15, -0.1) is 0 Å². The van der Waals surface area contributed by atoms with Crippen molar-refractivity contribution in [3.05, 3.63) is 75.3 Å². The fourth-order valence-corrected chi connectivity index (χ4v) is 2.46. The molecule has 8 nitrogen and oxygen atoms in total. The molecule has 0 saturated carbocycles. The number of rotatable bonds is 4. The van der Waals surface area contributed by atoms with Gasteiger partial charge in [0.25, 0.3) is 5.56 Å². The summed E-state index contributed by atoms with van der Waals surface area (Å²) in [7, 11) is 2.89. The summed E-state index contributed by atoms with van der Waals surface area (Å²) in [5, 5.41) is 6.70. The molecule has 0 radical (unpaired) electrons. The van der Waals surface area contributed by atoms with Gasteiger partial charge in [-0.2, -0.15) is 5.10 Å². The number of hydrogen-bond donors (Lipinski definition) is 1. The van der Waals surface area contributed by atoms with Crippen molar-refractivity contribution in [2.24, 2.45) is 14.1 Å². The molecule has 2 heterocycles. The first-order chi connectivity index (χ1) is 12.0. The number of carbonyl (C=O) groups is 1. The molecule has 0 aliphatic rings. The molecule has 0 atom stereocenters. The van der Waals surface area contributed by atoms with Gasteiger partial charge in [0, 0.05) is 32.7 Å². The highest BCUT2D eigenvalue weighted by Crippen LogP contribution is 2.09. The maximum Gasteiger partial charge on any atom is 0.330 e. The predicted octanol–water partition coefficient (Wildman–Crippen LogP) is 0.451. The van der Waals surface area contributed by atoms with Crippen molar-refractivity contribution in [3.8, 4) is 5.69 Å². The van der Waals surface area contributed by atoms with E-state index in [-0.39, 0.29) is 18.0 Å². The molecule has 8 heteroatoms. The molecule has 2 aromatic heterocycles. The average Bonchev–Trinajstić information content (AvgIpc) is 3.13. The maximum absolute atomic E-state index is 12.2. The van der Waals surface area contributed by atoms with Crippen molar-refractivity contribution in [1.29, 1.82) is 0 Å². The lowest BCUT2D eigenvalue weighted by Crippen LogP contribution is -2.38. The number of aryl methyl sites for hydroxylation is 1. The van der Waals surface area contributed by atoms with E-state index in [2.05, 4.69) is 10.4 Å². The molecule has 0 saturated heterocycles. The van der Waals surface area contributed by atoms with Crippen LogP contribution in [0.3, 0.4) is 0 Å². The zero-order chi connectivity index (χ0) is 18.0. The summed E-state index contributed by atoms with van der Waals surface area (Å²) in [5.74, 6) is -0.331. The Morgan fingerprint density at radius 3 is 2.52 bits per heavy atom. The van der Waals surface area contributed by atoms with Crippen LogP contribution >= 0.6 is 0 Å². The Bertz CT molecular complexity index is 1010. The van der Waals surface area contributed by atoms with Gasteiger partial charge in [0.05, 0.1) is 12.1 Å². The molecule has 0 unspecified atom stereocenters. The predicted molar refractivity (Wildman–Crippen MR) is 92.8 cm³/mol. The first kappa shape index (κ1) is 16.4. The Morgan fingerprint density at radius 2 is 1.88 bits per heavy atom. The van der Waals surface area contributed by atoms with Gasteiger partial charge >= 0.3 is 5.69 Å². The molecule has 0 bridgehead atoms. The molecule has 3 rings (SSSR count). The van der Waals surface area contributed by atoms with E-state index >= 15 is 0 Å². The zero-order valence-corrected chi connectivity index (χ0v) is 13.8. The van der Waals surface area contributed by atoms with Crippen LogP contribution in [0.1, 0.15) is 5.56 Å². The highest BCUT2D eigenvalue weighted by Gasteiger charge is 2.11. The van der Waals surface area contributed by atoms with Gasteiger partial charge in [0.1, 0.15) is 5.69 Å². The van der Waals surface area contributed by atoms with E-state index in [1.165, 1.54) is 24.9 Å². The second-order valence-corrected chi connectivity index (χ2v) is 5.64. The second kappa shape index (κ2) is 6.60. The number of hydrogen-bond acceptors (Lipinski definition) is 4. The summed E-state index contributed by atoms with van der Waals surface area (Å²) in [6.45, 7) is 0. The van der Waals surface area contributed by atoms with Crippen LogP contribution in [-0.2, 0) is 25.3 Å². The van der Waals surface area contributed by atoms with E-state index in [1.54, 1.807) is 10.9 Å².